The number of amides is 1. The van der Waals surface area contributed by atoms with Crippen LogP contribution >= 0.6 is 34.8 Å². The van der Waals surface area contributed by atoms with E-state index in [-0.39, 0.29) is 37.6 Å². The molecule has 37 heavy (non-hydrogen) atoms. The van der Waals surface area contributed by atoms with Gasteiger partial charge in [0.05, 0.1) is 48.6 Å². The molecule has 1 N–H and O–H groups in total. The third-order valence-corrected chi connectivity index (χ3v) is 6.61. The molecule has 0 radical (unpaired) electrons. The van der Waals surface area contributed by atoms with E-state index in [1.54, 1.807) is 18.2 Å². The summed E-state index contributed by atoms with van der Waals surface area (Å²) in [4.78, 5) is 27.9. The molecule has 11 heteroatoms. The monoisotopic (exact) mass is 565 g/mol. The van der Waals surface area contributed by atoms with Crippen molar-refractivity contribution in [3.63, 3.8) is 0 Å². The molecule has 1 saturated heterocycles. The lowest BCUT2D eigenvalue weighted by Gasteiger charge is -2.26. The van der Waals surface area contributed by atoms with Crippen LogP contribution in [0.15, 0.2) is 54.1 Å². The number of hydrogen-bond donors (Lipinski definition) is 1. The first-order valence-electron chi connectivity index (χ1n) is 10.6. The number of aliphatic hydroxyl groups is 1. The van der Waals surface area contributed by atoms with Crippen molar-refractivity contribution in [2.24, 2.45) is 0 Å². The normalized spacial score (nSPS) is 16.7. The van der Waals surface area contributed by atoms with E-state index >= 15 is 0 Å². The molecule has 3 aromatic rings. The summed E-state index contributed by atoms with van der Waals surface area (Å²) < 4.78 is 30.0. The van der Waals surface area contributed by atoms with Crippen LogP contribution in [-0.2, 0) is 9.59 Å². The zero-order valence-corrected chi connectivity index (χ0v) is 21.9. The van der Waals surface area contributed by atoms with E-state index in [2.05, 4.69) is 0 Å². The summed E-state index contributed by atoms with van der Waals surface area (Å²) in [5.74, 6) is -2.50. The van der Waals surface area contributed by atoms with Gasteiger partial charge in [-0.2, -0.15) is 0 Å². The number of carbonyl (C=O) groups excluding carboxylic acids is 2. The first kappa shape index (κ1) is 26.6. The molecule has 192 valence electrons. The van der Waals surface area contributed by atoms with Crippen LogP contribution in [0.2, 0.25) is 15.1 Å². The molecule has 1 heterocycles. The average molecular weight is 567 g/mol. The Balaban J connectivity index is 2.04. The third-order valence-electron chi connectivity index (χ3n) is 5.82. The molecule has 1 fully saturated rings. The molecule has 3 aromatic carbocycles. The van der Waals surface area contributed by atoms with Crippen LogP contribution in [0, 0.1) is 5.82 Å². The quantitative estimate of drug-likeness (QED) is 0.210. The molecule has 1 aliphatic rings. The number of rotatable bonds is 6. The Bertz CT molecular complexity index is 1460. The number of aliphatic hydroxyl groups excluding tert-OH is 1. The summed E-state index contributed by atoms with van der Waals surface area (Å²) in [5.41, 5.74) is 0.226. The molecule has 0 saturated carbocycles. The van der Waals surface area contributed by atoms with Gasteiger partial charge < -0.3 is 19.3 Å². The van der Waals surface area contributed by atoms with Gasteiger partial charge in [-0.3, -0.25) is 14.5 Å². The Hall–Kier alpha value is -3.46. The zero-order chi connectivity index (χ0) is 27.0. The molecule has 4 rings (SSSR count). The number of Topliss-reactive ketones (excluding diaryl/α,β-unsaturated/α-hetero) is 1. The van der Waals surface area contributed by atoms with Crippen molar-refractivity contribution >= 4 is 57.9 Å². The van der Waals surface area contributed by atoms with Crippen LogP contribution in [0.4, 0.5) is 10.1 Å². The van der Waals surface area contributed by atoms with E-state index < -0.39 is 29.3 Å². The molecule has 1 unspecified atom stereocenters. The van der Waals surface area contributed by atoms with Crippen LogP contribution < -0.4 is 19.1 Å². The van der Waals surface area contributed by atoms with E-state index in [0.717, 1.165) is 11.0 Å². The average Bonchev–Trinajstić information content (AvgIpc) is 3.14. The molecule has 0 spiro atoms. The Kier molecular flexibility index (Phi) is 7.54. The van der Waals surface area contributed by atoms with Gasteiger partial charge in [0.2, 0.25) is 0 Å². The number of methoxy groups -OCH3 is 3. The maximum absolute atomic E-state index is 13.9. The summed E-state index contributed by atoms with van der Waals surface area (Å²) in [6.45, 7) is 0. The van der Waals surface area contributed by atoms with Crippen molar-refractivity contribution in [2.45, 2.75) is 6.04 Å². The Morgan fingerprint density at radius 3 is 2.22 bits per heavy atom. The Labute approximate surface area is 226 Å². The van der Waals surface area contributed by atoms with Gasteiger partial charge in [-0.15, -0.1) is 0 Å². The highest BCUT2D eigenvalue weighted by Gasteiger charge is 2.47. The van der Waals surface area contributed by atoms with Gasteiger partial charge in [0, 0.05) is 10.7 Å². The fourth-order valence-electron chi connectivity index (χ4n) is 4.16. The molecular weight excluding hydrogens is 548 g/mol. The van der Waals surface area contributed by atoms with E-state index in [1.807, 2.05) is 0 Å². The van der Waals surface area contributed by atoms with Crippen molar-refractivity contribution in [1.82, 2.24) is 0 Å². The number of ketones is 1. The predicted molar refractivity (Wildman–Crippen MR) is 139 cm³/mol. The maximum atomic E-state index is 13.9. The van der Waals surface area contributed by atoms with Crippen LogP contribution in [0.1, 0.15) is 17.2 Å². The van der Waals surface area contributed by atoms with Crippen LogP contribution in [0.25, 0.3) is 5.76 Å². The van der Waals surface area contributed by atoms with Gasteiger partial charge in [-0.05, 0) is 48.0 Å². The number of hydrogen-bond acceptors (Lipinski definition) is 6. The summed E-state index contributed by atoms with van der Waals surface area (Å²) in [6.07, 6.45) is 0. The Morgan fingerprint density at radius 1 is 0.892 bits per heavy atom. The zero-order valence-electron chi connectivity index (χ0n) is 19.6. The first-order chi connectivity index (χ1) is 17.6. The number of ether oxygens (including phenoxy) is 3. The fourth-order valence-corrected chi connectivity index (χ4v) is 4.91. The summed E-state index contributed by atoms with van der Waals surface area (Å²) in [5, 5.41) is 11.4. The lowest BCUT2D eigenvalue weighted by Crippen LogP contribution is -2.29. The summed E-state index contributed by atoms with van der Waals surface area (Å²) >= 11 is 18.4. The number of benzene rings is 3. The second-order valence-corrected chi connectivity index (χ2v) is 9.10. The molecule has 1 amide bonds. The molecule has 0 aromatic heterocycles. The highest BCUT2D eigenvalue weighted by atomic mass is 35.5. The minimum absolute atomic E-state index is 0.000570. The lowest BCUT2D eigenvalue weighted by atomic mass is 9.94. The van der Waals surface area contributed by atoms with E-state index in [1.165, 1.54) is 45.6 Å². The Morgan fingerprint density at radius 2 is 1.59 bits per heavy atom. The number of nitrogens with zero attached hydrogens (tertiary/aromatic N) is 1. The van der Waals surface area contributed by atoms with Gasteiger partial charge in [-0.25, -0.2) is 4.39 Å². The SMILES string of the molecule is COc1ccc(C2/C(=C(\O)c3cc(Cl)cc(Cl)c3OC)C(=O)C(=O)N2c2ccc(F)c(Cl)c2)cc1OC. The van der Waals surface area contributed by atoms with E-state index in [4.69, 9.17) is 49.0 Å². The second-order valence-electron chi connectivity index (χ2n) is 7.85. The largest absolute Gasteiger partial charge is 0.507 e. The molecule has 1 aliphatic heterocycles. The fraction of sp³-hybridized carbons (Fsp3) is 0.154. The summed E-state index contributed by atoms with van der Waals surface area (Å²) in [6, 6.07) is 9.92. The van der Waals surface area contributed by atoms with Crippen molar-refractivity contribution in [1.29, 1.82) is 0 Å². The number of carbonyl (C=O) groups is 2. The van der Waals surface area contributed by atoms with Crippen molar-refractivity contribution in [2.75, 3.05) is 26.2 Å². The first-order valence-corrected chi connectivity index (χ1v) is 11.8. The molecule has 0 aliphatic carbocycles. The molecular formula is C26H19Cl3FNO6. The summed E-state index contributed by atoms with van der Waals surface area (Å²) in [7, 11) is 4.22. The highest BCUT2D eigenvalue weighted by molar-refractivity contribution is 6.52. The minimum Gasteiger partial charge on any atom is -0.507 e. The van der Waals surface area contributed by atoms with Gasteiger partial charge in [0.1, 0.15) is 17.3 Å². The smallest absolute Gasteiger partial charge is 0.300 e. The predicted octanol–water partition coefficient (Wildman–Crippen LogP) is 6.44. The van der Waals surface area contributed by atoms with Crippen LogP contribution in [0.3, 0.4) is 0 Å². The molecule has 0 bridgehead atoms. The number of halogens is 4. The maximum Gasteiger partial charge on any atom is 0.300 e. The number of anilines is 1. The van der Waals surface area contributed by atoms with Crippen molar-refractivity contribution < 1.29 is 33.3 Å². The molecule has 7 nitrogen and oxygen atoms in total. The van der Waals surface area contributed by atoms with Crippen molar-refractivity contribution in [3.05, 3.63) is 86.1 Å². The minimum atomic E-state index is -1.18. The standard InChI is InChI=1S/C26H19Cl3FNO6/c1-35-19-7-4-12(8-20(19)36-2)22-21(23(32)15-9-13(27)10-17(29)25(15)37-3)24(33)26(34)31(22)14-5-6-18(30)16(28)11-14/h4-11,22,32H,1-3H3/b23-21+. The van der Waals surface area contributed by atoms with Crippen molar-refractivity contribution in [3.8, 4) is 17.2 Å². The topological polar surface area (TPSA) is 85.3 Å². The van der Waals surface area contributed by atoms with Crippen LogP contribution in [-0.4, -0.2) is 38.1 Å². The molecule has 1 atom stereocenters. The third kappa shape index (κ3) is 4.68. The highest BCUT2D eigenvalue weighted by Crippen LogP contribution is 2.46. The lowest BCUT2D eigenvalue weighted by molar-refractivity contribution is -0.132. The van der Waals surface area contributed by atoms with Gasteiger partial charge in [-0.1, -0.05) is 40.9 Å². The van der Waals surface area contributed by atoms with E-state index in [9.17, 15) is 19.1 Å². The van der Waals surface area contributed by atoms with E-state index in [0.29, 0.717) is 17.1 Å². The van der Waals surface area contributed by atoms with Crippen LogP contribution in [0.5, 0.6) is 17.2 Å². The second kappa shape index (κ2) is 10.5. The van der Waals surface area contributed by atoms with Gasteiger partial charge >= 0.3 is 0 Å². The van der Waals surface area contributed by atoms with Gasteiger partial charge in [0.25, 0.3) is 11.7 Å². The van der Waals surface area contributed by atoms with Gasteiger partial charge in [0.15, 0.2) is 11.5 Å².